The molecule has 1 aliphatic heterocycles. The fourth-order valence-corrected chi connectivity index (χ4v) is 4.75. The zero-order valence-corrected chi connectivity index (χ0v) is 16.3. The van der Waals surface area contributed by atoms with Gasteiger partial charge in [-0.2, -0.15) is 0 Å². The molecule has 3 nitrogen and oxygen atoms in total. The summed E-state index contributed by atoms with van der Waals surface area (Å²) in [7, 11) is 0. The van der Waals surface area contributed by atoms with Crippen molar-refractivity contribution in [2.24, 2.45) is 0 Å². The maximum absolute atomic E-state index is 6.19. The summed E-state index contributed by atoms with van der Waals surface area (Å²) in [6.07, 6.45) is 4.83. The molecule has 138 valence electrons. The summed E-state index contributed by atoms with van der Waals surface area (Å²) in [5.74, 6) is 0. The second-order valence-corrected chi connectivity index (χ2v) is 8.00. The van der Waals surface area contributed by atoms with Crippen molar-refractivity contribution in [3.05, 3.63) is 64.8 Å². The number of hydrogen-bond acceptors (Lipinski definition) is 3. The highest BCUT2D eigenvalue weighted by atomic mass is 35.5. The lowest BCUT2D eigenvalue weighted by molar-refractivity contribution is 0.636. The molecule has 0 unspecified atom stereocenters. The quantitative estimate of drug-likeness (QED) is 0.619. The van der Waals surface area contributed by atoms with Crippen LogP contribution in [0.4, 0.5) is 11.4 Å². The number of anilines is 2. The molecule has 0 radical (unpaired) electrons. The molecular formula is C23H24ClN3. The van der Waals surface area contributed by atoms with Gasteiger partial charge in [-0.1, -0.05) is 35.9 Å². The smallest absolute Gasteiger partial charge is 0.0726 e. The summed E-state index contributed by atoms with van der Waals surface area (Å²) >= 11 is 6.19. The van der Waals surface area contributed by atoms with Crippen LogP contribution in [0.1, 0.15) is 24.1 Å². The number of aromatic nitrogens is 1. The van der Waals surface area contributed by atoms with E-state index in [0.717, 1.165) is 49.6 Å². The highest BCUT2D eigenvalue weighted by Gasteiger charge is 2.25. The van der Waals surface area contributed by atoms with Crippen molar-refractivity contribution >= 4 is 33.9 Å². The minimum absolute atomic E-state index is 0.809. The van der Waals surface area contributed by atoms with Gasteiger partial charge in [-0.25, -0.2) is 0 Å². The van der Waals surface area contributed by atoms with Crippen LogP contribution < -0.4 is 9.80 Å². The maximum atomic E-state index is 6.19. The minimum atomic E-state index is 0.809. The number of para-hydroxylation sites is 1. The average Bonchev–Trinajstić information content (AvgIpc) is 2.72. The number of piperazine rings is 1. The first-order valence-electron chi connectivity index (χ1n) is 9.95. The van der Waals surface area contributed by atoms with Gasteiger partial charge in [0.1, 0.15) is 0 Å². The molecule has 3 aromatic rings. The molecule has 2 aliphatic rings. The van der Waals surface area contributed by atoms with E-state index < -0.39 is 0 Å². The second-order valence-electron chi connectivity index (χ2n) is 7.56. The number of fused-ring (bicyclic) bond motifs is 2. The summed E-state index contributed by atoms with van der Waals surface area (Å²) in [5, 5.41) is 2.12. The number of pyridine rings is 1. The third kappa shape index (κ3) is 3.14. The third-order valence-electron chi connectivity index (χ3n) is 5.91. The summed E-state index contributed by atoms with van der Waals surface area (Å²) < 4.78 is 0. The van der Waals surface area contributed by atoms with E-state index in [-0.39, 0.29) is 0 Å². The van der Waals surface area contributed by atoms with Crippen molar-refractivity contribution in [2.45, 2.75) is 25.7 Å². The van der Waals surface area contributed by atoms with Gasteiger partial charge in [-0.05, 0) is 55.5 Å². The summed E-state index contributed by atoms with van der Waals surface area (Å²) in [5.41, 5.74) is 6.64. The zero-order valence-electron chi connectivity index (χ0n) is 15.5. The molecule has 2 aromatic carbocycles. The average molecular weight is 378 g/mol. The van der Waals surface area contributed by atoms with E-state index in [0.29, 0.717) is 0 Å². The topological polar surface area (TPSA) is 19.4 Å². The Morgan fingerprint density at radius 2 is 1.59 bits per heavy atom. The Kier molecular flexibility index (Phi) is 4.41. The first kappa shape index (κ1) is 16.9. The van der Waals surface area contributed by atoms with E-state index in [1.807, 2.05) is 12.1 Å². The molecule has 5 rings (SSSR count). The largest absolute Gasteiger partial charge is 0.368 e. The van der Waals surface area contributed by atoms with Crippen molar-refractivity contribution in [3.63, 3.8) is 0 Å². The van der Waals surface area contributed by atoms with Crippen molar-refractivity contribution in [3.8, 4) is 0 Å². The molecule has 1 aliphatic carbocycles. The molecule has 27 heavy (non-hydrogen) atoms. The van der Waals surface area contributed by atoms with Crippen molar-refractivity contribution in [1.29, 1.82) is 0 Å². The first-order chi connectivity index (χ1) is 13.3. The predicted octanol–water partition coefficient (Wildman–Crippen LogP) is 5.09. The first-order valence-corrected chi connectivity index (χ1v) is 10.3. The van der Waals surface area contributed by atoms with Gasteiger partial charge in [0.05, 0.1) is 11.2 Å². The Morgan fingerprint density at radius 3 is 2.44 bits per heavy atom. The standard InChI is InChI=1S/C23H24ClN3/c24-17-6-5-7-18(16-17)26-12-14-27(15-13-26)23-19-8-1-3-10-21(19)25-22-11-4-2-9-20(22)23/h1,3,5-8,10,16H,2,4,9,11-15H2. The van der Waals surface area contributed by atoms with Crippen molar-refractivity contribution in [2.75, 3.05) is 36.0 Å². The number of halogens is 1. The number of aryl methyl sites for hydroxylation is 1. The van der Waals surface area contributed by atoms with Gasteiger partial charge in [-0.15, -0.1) is 0 Å². The molecule has 1 aromatic heterocycles. The zero-order chi connectivity index (χ0) is 18.2. The van der Waals surface area contributed by atoms with E-state index >= 15 is 0 Å². The molecule has 1 fully saturated rings. The Morgan fingerprint density at radius 1 is 0.815 bits per heavy atom. The van der Waals surface area contributed by atoms with Gasteiger partial charge in [0.25, 0.3) is 0 Å². The van der Waals surface area contributed by atoms with Crippen molar-refractivity contribution < 1.29 is 0 Å². The van der Waals surface area contributed by atoms with Crippen LogP contribution >= 0.6 is 11.6 Å². The van der Waals surface area contributed by atoms with Crippen LogP contribution in [0.25, 0.3) is 10.9 Å². The minimum Gasteiger partial charge on any atom is -0.368 e. The molecule has 0 N–H and O–H groups in total. The Balaban J connectivity index is 1.48. The Labute approximate surface area is 165 Å². The Hall–Kier alpha value is -2.26. The highest BCUT2D eigenvalue weighted by Crippen LogP contribution is 2.36. The number of rotatable bonds is 2. The van der Waals surface area contributed by atoms with Gasteiger partial charge in [0, 0.05) is 48.0 Å². The SMILES string of the molecule is Clc1cccc(N2CCN(c3c4c(nc5ccccc35)CCCC4)CC2)c1. The van der Waals surface area contributed by atoms with Gasteiger partial charge in [-0.3, -0.25) is 4.98 Å². The van der Waals surface area contributed by atoms with Gasteiger partial charge in [0.2, 0.25) is 0 Å². The third-order valence-corrected chi connectivity index (χ3v) is 6.14. The second kappa shape index (κ2) is 7.05. The van der Waals surface area contributed by atoms with Crippen molar-refractivity contribution in [1.82, 2.24) is 4.98 Å². The molecule has 1 saturated heterocycles. The van der Waals surface area contributed by atoms with Crippen LogP contribution in [0.2, 0.25) is 5.02 Å². The summed E-state index contributed by atoms with van der Waals surface area (Å²) in [4.78, 5) is 10.0. The molecule has 0 saturated carbocycles. The normalized spacial score (nSPS) is 17.2. The van der Waals surface area contributed by atoms with E-state index in [2.05, 4.69) is 46.2 Å². The molecule has 4 heteroatoms. The Bertz CT molecular complexity index is 977. The number of benzene rings is 2. The van der Waals surface area contributed by atoms with Crippen LogP contribution in [0, 0.1) is 0 Å². The van der Waals surface area contributed by atoms with Crippen LogP contribution in [-0.4, -0.2) is 31.2 Å². The number of nitrogens with zero attached hydrogens (tertiary/aromatic N) is 3. The lowest BCUT2D eigenvalue weighted by Crippen LogP contribution is -2.47. The van der Waals surface area contributed by atoms with Crippen LogP contribution in [0.15, 0.2) is 48.5 Å². The van der Waals surface area contributed by atoms with E-state index in [1.54, 1.807) is 0 Å². The summed E-state index contributed by atoms with van der Waals surface area (Å²) in [6.45, 7) is 4.11. The molecule has 0 atom stereocenters. The molecule has 0 amide bonds. The van der Waals surface area contributed by atoms with Gasteiger partial charge < -0.3 is 9.80 Å². The van der Waals surface area contributed by atoms with E-state index in [9.17, 15) is 0 Å². The van der Waals surface area contributed by atoms with Crippen LogP contribution in [-0.2, 0) is 12.8 Å². The predicted molar refractivity (Wildman–Crippen MR) is 114 cm³/mol. The van der Waals surface area contributed by atoms with Crippen LogP contribution in [0.5, 0.6) is 0 Å². The number of hydrogen-bond donors (Lipinski definition) is 0. The van der Waals surface area contributed by atoms with E-state index in [1.165, 1.54) is 40.9 Å². The lowest BCUT2D eigenvalue weighted by atomic mass is 9.92. The maximum Gasteiger partial charge on any atom is 0.0726 e. The lowest BCUT2D eigenvalue weighted by Gasteiger charge is -2.39. The fraction of sp³-hybridized carbons (Fsp3) is 0.348. The molecule has 2 heterocycles. The van der Waals surface area contributed by atoms with Gasteiger partial charge in [0.15, 0.2) is 0 Å². The molecule has 0 bridgehead atoms. The monoisotopic (exact) mass is 377 g/mol. The summed E-state index contributed by atoms with van der Waals surface area (Å²) in [6, 6.07) is 16.9. The fourth-order valence-electron chi connectivity index (χ4n) is 4.57. The van der Waals surface area contributed by atoms with Gasteiger partial charge >= 0.3 is 0 Å². The van der Waals surface area contributed by atoms with E-state index in [4.69, 9.17) is 16.6 Å². The highest BCUT2D eigenvalue weighted by molar-refractivity contribution is 6.30. The molecular weight excluding hydrogens is 354 g/mol. The molecule has 0 spiro atoms. The van der Waals surface area contributed by atoms with Crippen LogP contribution in [0.3, 0.4) is 0 Å².